The van der Waals surface area contributed by atoms with Crippen LogP contribution in [0, 0.1) is 0 Å². The van der Waals surface area contributed by atoms with Gasteiger partial charge in [0.2, 0.25) is 5.91 Å². The minimum absolute atomic E-state index is 0.00417. The first-order valence-electron chi connectivity index (χ1n) is 5.02. The Bertz CT molecular complexity index is 221. The Hall–Kier alpha value is -0.900. The van der Waals surface area contributed by atoms with Gasteiger partial charge in [-0.2, -0.15) is 0 Å². The lowest BCUT2D eigenvalue weighted by Gasteiger charge is -2.35. The molecule has 1 fully saturated rings. The van der Waals surface area contributed by atoms with Crippen LogP contribution in [0.15, 0.2) is 0 Å². The number of ketones is 1. The van der Waals surface area contributed by atoms with Gasteiger partial charge in [0.25, 0.3) is 0 Å². The summed E-state index contributed by atoms with van der Waals surface area (Å²) in [4.78, 5) is 21.8. The molecule has 14 heavy (non-hydrogen) atoms. The van der Waals surface area contributed by atoms with E-state index in [1.807, 2.05) is 6.92 Å². The first kappa shape index (κ1) is 11.2. The number of hydrogen-bond donors (Lipinski definition) is 1. The zero-order chi connectivity index (χ0) is 10.6. The fraction of sp³-hybridized carbons (Fsp3) is 0.800. The molecule has 0 unspecified atom stereocenters. The van der Waals surface area contributed by atoms with E-state index in [9.17, 15) is 9.59 Å². The first-order valence-corrected chi connectivity index (χ1v) is 5.02. The molecule has 0 aromatic carbocycles. The maximum Gasteiger partial charge on any atom is 0.227 e. The van der Waals surface area contributed by atoms with Crippen LogP contribution in [0.2, 0.25) is 0 Å². The normalized spacial score (nSPS) is 25.3. The molecule has 1 saturated carbocycles. The van der Waals surface area contributed by atoms with Crippen molar-refractivity contribution in [3.63, 3.8) is 0 Å². The predicted molar refractivity (Wildman–Crippen MR) is 51.9 cm³/mol. The third kappa shape index (κ3) is 3.46. The van der Waals surface area contributed by atoms with Crippen molar-refractivity contribution in [2.24, 2.45) is 0 Å². The van der Waals surface area contributed by atoms with Crippen LogP contribution in [0.25, 0.3) is 0 Å². The molecule has 1 aliphatic carbocycles. The number of nitrogens with one attached hydrogen (secondary N) is 1. The summed E-state index contributed by atoms with van der Waals surface area (Å²) in [6, 6.07) is 0.207. The Morgan fingerprint density at radius 3 is 2.57 bits per heavy atom. The van der Waals surface area contributed by atoms with Crippen LogP contribution in [0.3, 0.4) is 0 Å². The van der Waals surface area contributed by atoms with Crippen molar-refractivity contribution < 1.29 is 14.3 Å². The molecule has 0 atom stereocenters. The molecule has 4 nitrogen and oxygen atoms in total. The van der Waals surface area contributed by atoms with Gasteiger partial charge in [-0.15, -0.1) is 0 Å². The number of carbonyl (C=O) groups is 2. The Labute approximate surface area is 84.0 Å². The standard InChI is InChI=1S/C10H17NO3/c1-3-14-9-5-8(6-9)11-10(13)4-7(2)12/h8-9H,3-6H2,1-2H3,(H,11,13). The largest absolute Gasteiger partial charge is 0.378 e. The van der Waals surface area contributed by atoms with Crippen LogP contribution in [-0.2, 0) is 14.3 Å². The predicted octanol–water partition coefficient (Wildman–Crippen LogP) is 0.649. The molecule has 1 aliphatic rings. The van der Waals surface area contributed by atoms with Crippen LogP contribution in [0.1, 0.15) is 33.1 Å². The highest BCUT2D eigenvalue weighted by Crippen LogP contribution is 2.23. The van der Waals surface area contributed by atoms with Gasteiger partial charge in [-0.05, 0) is 26.7 Å². The average Bonchev–Trinajstić information content (AvgIpc) is 1.99. The SMILES string of the molecule is CCOC1CC(NC(=O)CC(C)=O)C1. The summed E-state index contributed by atoms with van der Waals surface area (Å²) < 4.78 is 5.35. The lowest BCUT2D eigenvalue weighted by atomic mass is 9.89. The van der Waals surface area contributed by atoms with Crippen LogP contribution < -0.4 is 5.32 Å². The highest BCUT2D eigenvalue weighted by Gasteiger charge is 2.30. The zero-order valence-electron chi connectivity index (χ0n) is 8.71. The Morgan fingerprint density at radius 1 is 1.43 bits per heavy atom. The molecular formula is C10H17NO3. The molecule has 0 heterocycles. The number of ether oxygens (including phenoxy) is 1. The molecule has 0 bridgehead atoms. The van der Waals surface area contributed by atoms with E-state index in [2.05, 4.69) is 5.32 Å². The second-order valence-electron chi connectivity index (χ2n) is 3.69. The van der Waals surface area contributed by atoms with E-state index >= 15 is 0 Å². The third-order valence-corrected chi connectivity index (χ3v) is 2.27. The van der Waals surface area contributed by atoms with Crippen molar-refractivity contribution in [1.82, 2.24) is 5.32 Å². The number of carbonyl (C=O) groups excluding carboxylic acids is 2. The molecule has 1 N–H and O–H groups in total. The summed E-state index contributed by atoms with van der Waals surface area (Å²) in [7, 11) is 0. The third-order valence-electron chi connectivity index (χ3n) is 2.27. The number of rotatable bonds is 5. The van der Waals surface area contributed by atoms with Gasteiger partial charge in [-0.1, -0.05) is 0 Å². The number of amides is 1. The molecule has 1 rings (SSSR count). The number of hydrogen-bond acceptors (Lipinski definition) is 3. The summed E-state index contributed by atoms with van der Waals surface area (Å²) in [5.74, 6) is -0.263. The van der Waals surface area contributed by atoms with Crippen molar-refractivity contribution in [3.05, 3.63) is 0 Å². The lowest BCUT2D eigenvalue weighted by Crippen LogP contribution is -2.48. The van der Waals surface area contributed by atoms with Gasteiger partial charge in [0.05, 0.1) is 12.5 Å². The van der Waals surface area contributed by atoms with Crippen molar-refractivity contribution in [2.75, 3.05) is 6.61 Å². The van der Waals surface area contributed by atoms with Crippen LogP contribution >= 0.6 is 0 Å². The first-order chi connectivity index (χ1) is 6.61. The summed E-state index contributed by atoms with van der Waals surface area (Å²) in [5.41, 5.74) is 0. The Kier molecular flexibility index (Phi) is 4.07. The van der Waals surface area contributed by atoms with E-state index in [-0.39, 0.29) is 24.2 Å². The van der Waals surface area contributed by atoms with Crippen LogP contribution in [0.4, 0.5) is 0 Å². The minimum Gasteiger partial charge on any atom is -0.378 e. The summed E-state index contributed by atoms with van der Waals surface area (Å²) >= 11 is 0. The molecule has 0 aliphatic heterocycles. The summed E-state index contributed by atoms with van der Waals surface area (Å²) in [6.45, 7) is 4.10. The second kappa shape index (κ2) is 5.10. The molecule has 0 aromatic heterocycles. The zero-order valence-corrected chi connectivity index (χ0v) is 8.71. The van der Waals surface area contributed by atoms with Gasteiger partial charge in [-0.25, -0.2) is 0 Å². The van der Waals surface area contributed by atoms with E-state index in [0.717, 1.165) is 19.4 Å². The maximum absolute atomic E-state index is 11.1. The number of Topliss-reactive ketones (excluding diaryl/α,β-unsaturated/α-hetero) is 1. The molecule has 0 aromatic rings. The molecule has 4 heteroatoms. The monoisotopic (exact) mass is 199 g/mol. The molecule has 0 spiro atoms. The molecule has 80 valence electrons. The second-order valence-corrected chi connectivity index (χ2v) is 3.69. The van der Waals surface area contributed by atoms with Gasteiger partial charge in [-0.3, -0.25) is 9.59 Å². The molecule has 0 saturated heterocycles. The van der Waals surface area contributed by atoms with Crippen molar-refractivity contribution in [2.45, 2.75) is 45.3 Å². The average molecular weight is 199 g/mol. The summed E-state index contributed by atoms with van der Waals surface area (Å²) in [5, 5.41) is 2.80. The van der Waals surface area contributed by atoms with Gasteiger partial charge < -0.3 is 10.1 Å². The molecule has 0 radical (unpaired) electrons. The van der Waals surface area contributed by atoms with Gasteiger partial charge in [0, 0.05) is 12.6 Å². The van der Waals surface area contributed by atoms with E-state index in [0.29, 0.717) is 6.10 Å². The van der Waals surface area contributed by atoms with E-state index in [4.69, 9.17) is 4.74 Å². The topological polar surface area (TPSA) is 55.4 Å². The van der Waals surface area contributed by atoms with Crippen molar-refractivity contribution in [3.8, 4) is 0 Å². The van der Waals surface area contributed by atoms with E-state index < -0.39 is 0 Å². The van der Waals surface area contributed by atoms with Crippen molar-refractivity contribution in [1.29, 1.82) is 0 Å². The van der Waals surface area contributed by atoms with Gasteiger partial charge in [0.15, 0.2) is 0 Å². The Balaban J connectivity index is 2.10. The lowest BCUT2D eigenvalue weighted by molar-refractivity contribution is -0.128. The highest BCUT2D eigenvalue weighted by atomic mass is 16.5. The quantitative estimate of drug-likeness (QED) is 0.661. The van der Waals surface area contributed by atoms with E-state index in [1.165, 1.54) is 6.92 Å². The fourth-order valence-electron chi connectivity index (χ4n) is 1.56. The Morgan fingerprint density at radius 2 is 2.07 bits per heavy atom. The van der Waals surface area contributed by atoms with Crippen LogP contribution in [0.5, 0.6) is 0 Å². The highest BCUT2D eigenvalue weighted by molar-refractivity contribution is 5.96. The van der Waals surface area contributed by atoms with Crippen molar-refractivity contribution >= 4 is 11.7 Å². The summed E-state index contributed by atoms with van der Waals surface area (Å²) in [6.07, 6.45) is 2.03. The fourth-order valence-corrected chi connectivity index (χ4v) is 1.56. The molecular weight excluding hydrogens is 182 g/mol. The minimum atomic E-state index is -0.169. The van der Waals surface area contributed by atoms with Crippen LogP contribution in [-0.4, -0.2) is 30.4 Å². The van der Waals surface area contributed by atoms with Gasteiger partial charge in [0.1, 0.15) is 5.78 Å². The smallest absolute Gasteiger partial charge is 0.227 e. The van der Waals surface area contributed by atoms with Gasteiger partial charge >= 0.3 is 0 Å². The maximum atomic E-state index is 11.1. The van der Waals surface area contributed by atoms with E-state index in [1.54, 1.807) is 0 Å². The molecule has 1 amide bonds.